The largest absolute Gasteiger partial charge is 0.497 e. The van der Waals surface area contributed by atoms with Crippen LogP contribution in [0.4, 0.5) is 0 Å². The summed E-state index contributed by atoms with van der Waals surface area (Å²) in [4.78, 5) is 0. The van der Waals surface area contributed by atoms with E-state index in [0.717, 1.165) is 11.7 Å². The lowest BCUT2D eigenvalue weighted by Crippen LogP contribution is -2.21. The molecule has 2 N–H and O–H groups in total. The second-order valence-corrected chi connectivity index (χ2v) is 5.53. The number of nitrogens with two attached hydrogens (primary N) is 1. The number of aryl methyl sites for hydroxylation is 1. The van der Waals surface area contributed by atoms with Gasteiger partial charge in [0.25, 0.3) is 0 Å². The smallest absolute Gasteiger partial charge is 0.118 e. The van der Waals surface area contributed by atoms with Gasteiger partial charge >= 0.3 is 0 Å². The maximum Gasteiger partial charge on any atom is 0.118 e. The molecule has 2 rings (SSSR count). The molecule has 1 aliphatic carbocycles. The highest BCUT2D eigenvalue weighted by Crippen LogP contribution is 2.26. The van der Waals surface area contributed by atoms with Crippen LogP contribution in [0.1, 0.15) is 44.1 Å². The number of methoxy groups -OCH3 is 1. The van der Waals surface area contributed by atoms with E-state index in [4.69, 9.17) is 10.5 Å². The molecule has 1 aliphatic rings. The van der Waals surface area contributed by atoms with Gasteiger partial charge in [-0.25, -0.2) is 0 Å². The van der Waals surface area contributed by atoms with Gasteiger partial charge in [0.15, 0.2) is 0 Å². The molecule has 1 fully saturated rings. The van der Waals surface area contributed by atoms with Gasteiger partial charge < -0.3 is 10.5 Å². The van der Waals surface area contributed by atoms with E-state index in [-0.39, 0.29) is 0 Å². The molecule has 2 unspecified atom stereocenters. The zero-order valence-electron chi connectivity index (χ0n) is 11.4. The molecule has 0 radical (unpaired) electrons. The summed E-state index contributed by atoms with van der Waals surface area (Å²) in [6.07, 6.45) is 8.93. The van der Waals surface area contributed by atoms with Gasteiger partial charge in [0, 0.05) is 6.04 Å². The average Bonchev–Trinajstić information content (AvgIpc) is 2.61. The molecule has 1 aromatic rings. The quantitative estimate of drug-likeness (QED) is 0.826. The molecule has 0 aliphatic heterocycles. The van der Waals surface area contributed by atoms with Crippen LogP contribution in [-0.4, -0.2) is 13.2 Å². The monoisotopic (exact) mass is 247 g/mol. The topological polar surface area (TPSA) is 35.2 Å². The zero-order chi connectivity index (χ0) is 12.8. The molecule has 0 heterocycles. The van der Waals surface area contributed by atoms with E-state index in [9.17, 15) is 0 Å². The molecule has 0 amide bonds. The molecule has 0 bridgehead atoms. The summed E-state index contributed by atoms with van der Waals surface area (Å²) in [6.45, 7) is 0. The Bertz CT molecular complexity index is 347. The molecule has 100 valence electrons. The predicted octanol–water partition coefficient (Wildman–Crippen LogP) is 3.54. The van der Waals surface area contributed by atoms with Crippen LogP contribution >= 0.6 is 0 Å². The summed E-state index contributed by atoms with van der Waals surface area (Å²) in [5.74, 6) is 1.76. The lowest BCUT2D eigenvalue weighted by Gasteiger charge is -2.16. The van der Waals surface area contributed by atoms with Gasteiger partial charge in [-0.05, 0) is 49.3 Å². The Kier molecular flexibility index (Phi) is 5.06. The van der Waals surface area contributed by atoms with E-state index in [2.05, 4.69) is 12.1 Å². The maximum absolute atomic E-state index is 6.12. The van der Waals surface area contributed by atoms with Crippen molar-refractivity contribution in [2.24, 2.45) is 11.7 Å². The Morgan fingerprint density at radius 2 is 1.89 bits per heavy atom. The Labute approximate surface area is 111 Å². The summed E-state index contributed by atoms with van der Waals surface area (Å²) in [5, 5.41) is 0. The number of hydrogen-bond acceptors (Lipinski definition) is 2. The fourth-order valence-corrected chi connectivity index (χ4v) is 2.93. The van der Waals surface area contributed by atoms with Crippen molar-refractivity contribution in [3.8, 4) is 5.75 Å². The van der Waals surface area contributed by atoms with Gasteiger partial charge in [-0.1, -0.05) is 31.4 Å². The normalized spacial score (nSPS) is 24.6. The second kappa shape index (κ2) is 6.79. The minimum Gasteiger partial charge on any atom is -0.497 e. The molecule has 1 aromatic carbocycles. The summed E-state index contributed by atoms with van der Waals surface area (Å²) in [5.41, 5.74) is 7.53. The van der Waals surface area contributed by atoms with Crippen molar-refractivity contribution in [2.45, 2.75) is 51.0 Å². The fraction of sp³-hybridized carbons (Fsp3) is 0.625. The molecule has 2 nitrogen and oxygen atoms in total. The Hall–Kier alpha value is -1.02. The van der Waals surface area contributed by atoms with Gasteiger partial charge in [-0.2, -0.15) is 0 Å². The third-order valence-electron chi connectivity index (χ3n) is 4.07. The van der Waals surface area contributed by atoms with E-state index in [0.29, 0.717) is 6.04 Å². The SMILES string of the molecule is COc1ccc(CCC2CCCCC(N)C2)cc1. The summed E-state index contributed by atoms with van der Waals surface area (Å²) >= 11 is 0. The molecule has 1 saturated carbocycles. The van der Waals surface area contributed by atoms with E-state index in [1.165, 1.54) is 50.5 Å². The highest BCUT2D eigenvalue weighted by molar-refractivity contribution is 5.27. The fourth-order valence-electron chi connectivity index (χ4n) is 2.93. The lowest BCUT2D eigenvalue weighted by atomic mass is 9.91. The van der Waals surface area contributed by atoms with Crippen molar-refractivity contribution < 1.29 is 4.74 Å². The van der Waals surface area contributed by atoms with Crippen LogP contribution in [0.15, 0.2) is 24.3 Å². The first kappa shape index (κ1) is 13.4. The minimum absolute atomic E-state index is 0.438. The molecule has 2 heteroatoms. The molecule has 18 heavy (non-hydrogen) atoms. The highest BCUT2D eigenvalue weighted by Gasteiger charge is 2.17. The predicted molar refractivity (Wildman–Crippen MR) is 75.9 cm³/mol. The van der Waals surface area contributed by atoms with Crippen LogP contribution < -0.4 is 10.5 Å². The van der Waals surface area contributed by atoms with E-state index in [1.54, 1.807) is 7.11 Å². The van der Waals surface area contributed by atoms with Gasteiger partial charge in [0.1, 0.15) is 5.75 Å². The third-order valence-corrected chi connectivity index (χ3v) is 4.07. The minimum atomic E-state index is 0.438. The first-order valence-electron chi connectivity index (χ1n) is 7.16. The third kappa shape index (κ3) is 4.02. The molecule has 0 saturated heterocycles. The number of hydrogen-bond donors (Lipinski definition) is 1. The van der Waals surface area contributed by atoms with Crippen LogP contribution in [0.3, 0.4) is 0 Å². The molecular formula is C16H25NO. The zero-order valence-corrected chi connectivity index (χ0v) is 11.4. The van der Waals surface area contributed by atoms with Crippen molar-refractivity contribution in [1.29, 1.82) is 0 Å². The van der Waals surface area contributed by atoms with Crippen molar-refractivity contribution in [1.82, 2.24) is 0 Å². The van der Waals surface area contributed by atoms with E-state index in [1.807, 2.05) is 12.1 Å². The van der Waals surface area contributed by atoms with Crippen molar-refractivity contribution in [2.75, 3.05) is 7.11 Å². The number of rotatable bonds is 4. The van der Waals surface area contributed by atoms with E-state index >= 15 is 0 Å². The van der Waals surface area contributed by atoms with Crippen molar-refractivity contribution in [3.05, 3.63) is 29.8 Å². The van der Waals surface area contributed by atoms with Gasteiger partial charge in [0.05, 0.1) is 7.11 Å². The van der Waals surface area contributed by atoms with Crippen LogP contribution in [0.25, 0.3) is 0 Å². The average molecular weight is 247 g/mol. The summed E-state index contributed by atoms with van der Waals surface area (Å²) < 4.78 is 5.18. The number of ether oxygens (including phenoxy) is 1. The first-order valence-corrected chi connectivity index (χ1v) is 7.16. The van der Waals surface area contributed by atoms with Crippen LogP contribution in [0, 0.1) is 5.92 Å². The molecular weight excluding hydrogens is 222 g/mol. The van der Waals surface area contributed by atoms with E-state index < -0.39 is 0 Å². The van der Waals surface area contributed by atoms with Gasteiger partial charge in [-0.15, -0.1) is 0 Å². The maximum atomic E-state index is 6.12. The Morgan fingerprint density at radius 1 is 1.17 bits per heavy atom. The second-order valence-electron chi connectivity index (χ2n) is 5.53. The van der Waals surface area contributed by atoms with Crippen LogP contribution in [0.2, 0.25) is 0 Å². The summed E-state index contributed by atoms with van der Waals surface area (Å²) in [7, 11) is 1.71. The van der Waals surface area contributed by atoms with Crippen molar-refractivity contribution >= 4 is 0 Å². The highest BCUT2D eigenvalue weighted by atomic mass is 16.5. The van der Waals surface area contributed by atoms with Crippen molar-refractivity contribution in [3.63, 3.8) is 0 Å². The molecule has 0 spiro atoms. The van der Waals surface area contributed by atoms with Crippen LogP contribution in [-0.2, 0) is 6.42 Å². The van der Waals surface area contributed by atoms with Gasteiger partial charge in [-0.3, -0.25) is 0 Å². The first-order chi connectivity index (χ1) is 8.78. The Balaban J connectivity index is 1.82. The standard InChI is InChI=1S/C16H25NO/c1-18-16-10-8-13(9-11-16)6-7-14-4-2-3-5-15(17)12-14/h8-11,14-15H,2-7,12,17H2,1H3. The lowest BCUT2D eigenvalue weighted by molar-refractivity contribution is 0.405. The van der Waals surface area contributed by atoms with Crippen LogP contribution in [0.5, 0.6) is 5.75 Å². The number of benzene rings is 1. The van der Waals surface area contributed by atoms with Gasteiger partial charge in [0.2, 0.25) is 0 Å². The summed E-state index contributed by atoms with van der Waals surface area (Å²) in [6, 6.07) is 8.89. The molecule has 0 aromatic heterocycles. The Morgan fingerprint density at radius 3 is 2.61 bits per heavy atom. The molecule has 2 atom stereocenters.